The number of rotatable bonds is 7. The Hall–Kier alpha value is -2.91. The Kier molecular flexibility index (Phi) is 6.27. The lowest BCUT2D eigenvalue weighted by Gasteiger charge is -2.11. The number of ether oxygens (including phenoxy) is 3. The maximum absolute atomic E-state index is 12.5. The fourth-order valence-corrected chi connectivity index (χ4v) is 3.92. The summed E-state index contributed by atoms with van der Waals surface area (Å²) in [6.07, 6.45) is 0. The number of carbonyl (C=O) groups is 2. The SMILES string of the molecule is COC(=O)COc1ccc(C(=O)Nc2nc(-c3ccc(C)s3)cs2)cc1OC. The number of aryl methyl sites for hydroxylation is 1. The molecule has 2 aromatic heterocycles. The maximum Gasteiger partial charge on any atom is 0.343 e. The zero-order valence-corrected chi connectivity index (χ0v) is 17.1. The summed E-state index contributed by atoms with van der Waals surface area (Å²) in [6, 6.07) is 8.74. The molecule has 9 heteroatoms. The molecule has 3 rings (SSSR count). The molecule has 146 valence electrons. The minimum Gasteiger partial charge on any atom is -0.493 e. The van der Waals surface area contributed by atoms with Gasteiger partial charge in [-0.3, -0.25) is 10.1 Å². The molecular formula is C19H18N2O5S2. The summed E-state index contributed by atoms with van der Waals surface area (Å²) in [4.78, 5) is 30.5. The highest BCUT2D eigenvalue weighted by molar-refractivity contribution is 7.17. The molecule has 0 aliphatic carbocycles. The number of benzene rings is 1. The van der Waals surface area contributed by atoms with Gasteiger partial charge in [0.1, 0.15) is 0 Å². The standard InChI is InChI=1S/C19H18N2O5S2/c1-11-4-7-16(28-11)13-10-27-19(20-13)21-18(23)12-5-6-14(15(8-12)24-2)26-9-17(22)25-3/h4-8,10H,9H2,1-3H3,(H,20,21,23). The second-order valence-corrected chi connectivity index (χ2v) is 7.78. The molecule has 0 aliphatic rings. The van der Waals surface area contributed by atoms with E-state index in [0.717, 1.165) is 10.6 Å². The van der Waals surface area contributed by atoms with Crippen LogP contribution >= 0.6 is 22.7 Å². The van der Waals surface area contributed by atoms with Crippen LogP contribution in [-0.2, 0) is 9.53 Å². The van der Waals surface area contributed by atoms with E-state index in [2.05, 4.69) is 15.0 Å². The van der Waals surface area contributed by atoms with Crippen molar-refractivity contribution < 1.29 is 23.8 Å². The monoisotopic (exact) mass is 418 g/mol. The average molecular weight is 418 g/mol. The van der Waals surface area contributed by atoms with Crippen LogP contribution in [0.25, 0.3) is 10.6 Å². The van der Waals surface area contributed by atoms with E-state index < -0.39 is 5.97 Å². The normalized spacial score (nSPS) is 10.4. The number of esters is 1. The summed E-state index contributed by atoms with van der Waals surface area (Å²) >= 11 is 3.01. The van der Waals surface area contributed by atoms with Crippen molar-refractivity contribution in [3.8, 4) is 22.1 Å². The van der Waals surface area contributed by atoms with Crippen LogP contribution < -0.4 is 14.8 Å². The number of thiophene rings is 1. The summed E-state index contributed by atoms with van der Waals surface area (Å²) in [5, 5.41) is 5.21. The highest BCUT2D eigenvalue weighted by Gasteiger charge is 2.15. The van der Waals surface area contributed by atoms with Crippen LogP contribution in [0.1, 0.15) is 15.2 Å². The van der Waals surface area contributed by atoms with Gasteiger partial charge in [-0.1, -0.05) is 0 Å². The lowest BCUT2D eigenvalue weighted by atomic mass is 10.2. The van der Waals surface area contributed by atoms with E-state index >= 15 is 0 Å². The fourth-order valence-electron chi connectivity index (χ4n) is 2.31. The molecule has 7 nitrogen and oxygen atoms in total. The van der Waals surface area contributed by atoms with Gasteiger partial charge in [0, 0.05) is 15.8 Å². The van der Waals surface area contributed by atoms with Crippen molar-refractivity contribution in [1.82, 2.24) is 4.98 Å². The van der Waals surface area contributed by atoms with E-state index in [9.17, 15) is 9.59 Å². The van der Waals surface area contributed by atoms with Gasteiger partial charge in [-0.25, -0.2) is 9.78 Å². The number of nitrogens with zero attached hydrogens (tertiary/aromatic N) is 1. The predicted octanol–water partition coefficient (Wildman–Crippen LogP) is 3.99. The number of nitrogens with one attached hydrogen (secondary N) is 1. The van der Waals surface area contributed by atoms with Crippen molar-refractivity contribution in [3.05, 3.63) is 46.2 Å². The smallest absolute Gasteiger partial charge is 0.343 e. The van der Waals surface area contributed by atoms with Gasteiger partial charge in [0.25, 0.3) is 5.91 Å². The number of aromatic nitrogens is 1. The van der Waals surface area contributed by atoms with Gasteiger partial charge in [0.05, 0.1) is 24.8 Å². The van der Waals surface area contributed by atoms with Crippen molar-refractivity contribution in [2.45, 2.75) is 6.92 Å². The Bertz CT molecular complexity index is 996. The summed E-state index contributed by atoms with van der Waals surface area (Å²) in [7, 11) is 2.73. The van der Waals surface area contributed by atoms with Crippen molar-refractivity contribution in [2.75, 3.05) is 26.1 Å². The van der Waals surface area contributed by atoms with E-state index in [0.29, 0.717) is 22.2 Å². The minimum atomic E-state index is -0.510. The van der Waals surface area contributed by atoms with Crippen LogP contribution in [0, 0.1) is 6.92 Å². The lowest BCUT2D eigenvalue weighted by molar-refractivity contribution is -0.142. The first kappa shape index (κ1) is 19.8. The van der Waals surface area contributed by atoms with E-state index in [1.807, 2.05) is 24.4 Å². The Morgan fingerprint density at radius 3 is 2.64 bits per heavy atom. The average Bonchev–Trinajstić information content (AvgIpc) is 3.34. The number of hydrogen-bond acceptors (Lipinski definition) is 8. The number of carbonyl (C=O) groups excluding carboxylic acids is 2. The third-order valence-corrected chi connectivity index (χ3v) is 5.50. The van der Waals surface area contributed by atoms with Crippen molar-refractivity contribution in [2.24, 2.45) is 0 Å². The quantitative estimate of drug-likeness (QED) is 0.584. The third-order valence-electron chi connectivity index (χ3n) is 3.72. The fraction of sp³-hybridized carbons (Fsp3) is 0.211. The summed E-state index contributed by atoms with van der Waals surface area (Å²) in [5.41, 5.74) is 1.22. The summed E-state index contributed by atoms with van der Waals surface area (Å²) in [6.45, 7) is 1.79. The largest absolute Gasteiger partial charge is 0.493 e. The van der Waals surface area contributed by atoms with Gasteiger partial charge < -0.3 is 14.2 Å². The molecule has 1 aromatic carbocycles. The maximum atomic E-state index is 12.5. The number of thiazole rings is 1. The lowest BCUT2D eigenvalue weighted by Crippen LogP contribution is -2.14. The summed E-state index contributed by atoms with van der Waals surface area (Å²) < 4.78 is 15.1. The first-order chi connectivity index (χ1) is 13.5. The van der Waals surface area contributed by atoms with E-state index in [1.54, 1.807) is 29.5 Å². The topological polar surface area (TPSA) is 86.8 Å². The Labute approximate surface area is 169 Å². The van der Waals surface area contributed by atoms with E-state index in [4.69, 9.17) is 9.47 Å². The first-order valence-electron chi connectivity index (χ1n) is 8.21. The number of anilines is 1. The predicted molar refractivity (Wildman–Crippen MR) is 109 cm³/mol. The van der Waals surface area contributed by atoms with Crippen LogP contribution in [0.5, 0.6) is 11.5 Å². The summed E-state index contributed by atoms with van der Waals surface area (Å²) in [5.74, 6) is -0.148. The molecule has 28 heavy (non-hydrogen) atoms. The van der Waals surface area contributed by atoms with Gasteiger partial charge in [-0.05, 0) is 37.3 Å². The van der Waals surface area contributed by atoms with E-state index in [1.165, 1.54) is 30.4 Å². The molecule has 0 saturated carbocycles. The second kappa shape index (κ2) is 8.85. The van der Waals surface area contributed by atoms with Crippen molar-refractivity contribution >= 4 is 39.7 Å². The van der Waals surface area contributed by atoms with Gasteiger partial charge in [-0.2, -0.15) is 0 Å². The molecule has 0 saturated heterocycles. The van der Waals surface area contributed by atoms with Crippen LogP contribution in [0.15, 0.2) is 35.7 Å². The Balaban J connectivity index is 1.70. The molecule has 3 aromatic rings. The molecular weight excluding hydrogens is 400 g/mol. The second-order valence-electron chi connectivity index (χ2n) is 5.63. The van der Waals surface area contributed by atoms with Gasteiger partial charge in [0.2, 0.25) is 0 Å². The molecule has 1 amide bonds. The Morgan fingerprint density at radius 2 is 1.96 bits per heavy atom. The van der Waals surface area contributed by atoms with Crippen molar-refractivity contribution in [3.63, 3.8) is 0 Å². The molecule has 1 N–H and O–H groups in total. The number of amides is 1. The molecule has 0 radical (unpaired) electrons. The van der Waals surface area contributed by atoms with E-state index in [-0.39, 0.29) is 12.5 Å². The van der Waals surface area contributed by atoms with Crippen LogP contribution in [-0.4, -0.2) is 37.7 Å². The molecule has 0 spiro atoms. The molecule has 0 aliphatic heterocycles. The molecule has 0 unspecified atom stereocenters. The zero-order valence-electron chi connectivity index (χ0n) is 15.5. The van der Waals surface area contributed by atoms with Crippen molar-refractivity contribution in [1.29, 1.82) is 0 Å². The molecule has 0 bridgehead atoms. The van der Waals surface area contributed by atoms with Gasteiger partial charge in [0.15, 0.2) is 23.2 Å². The minimum absolute atomic E-state index is 0.248. The van der Waals surface area contributed by atoms with Crippen LogP contribution in [0.2, 0.25) is 0 Å². The third kappa shape index (κ3) is 4.68. The van der Waals surface area contributed by atoms with Crippen LogP contribution in [0.3, 0.4) is 0 Å². The number of hydrogen-bond donors (Lipinski definition) is 1. The zero-order chi connectivity index (χ0) is 20.1. The highest BCUT2D eigenvalue weighted by atomic mass is 32.1. The molecule has 0 atom stereocenters. The van der Waals surface area contributed by atoms with Gasteiger partial charge in [-0.15, -0.1) is 22.7 Å². The Morgan fingerprint density at radius 1 is 1.14 bits per heavy atom. The first-order valence-corrected chi connectivity index (χ1v) is 9.91. The number of methoxy groups -OCH3 is 2. The molecule has 2 heterocycles. The highest BCUT2D eigenvalue weighted by Crippen LogP contribution is 2.31. The van der Waals surface area contributed by atoms with Crippen LogP contribution in [0.4, 0.5) is 5.13 Å². The molecule has 0 fully saturated rings. The van der Waals surface area contributed by atoms with Gasteiger partial charge >= 0.3 is 5.97 Å².